The summed E-state index contributed by atoms with van der Waals surface area (Å²) in [6, 6.07) is 18.5. The zero-order valence-corrected chi connectivity index (χ0v) is 17.6. The SMILES string of the molecule is N/N=C(/Cc1cn(CC(=O)N2CCN(Cc3ccccc3)CC2)c2ccccc12)NN. The van der Waals surface area contributed by atoms with Crippen LogP contribution in [-0.2, 0) is 24.3 Å². The maximum atomic E-state index is 13.0. The first-order valence-corrected chi connectivity index (χ1v) is 10.5. The van der Waals surface area contributed by atoms with Crippen molar-refractivity contribution in [3.63, 3.8) is 0 Å². The van der Waals surface area contributed by atoms with E-state index in [1.165, 1.54) is 5.56 Å². The third kappa shape index (κ3) is 4.87. The van der Waals surface area contributed by atoms with E-state index in [1.807, 2.05) is 46.0 Å². The Morgan fingerprint density at radius 3 is 2.42 bits per heavy atom. The van der Waals surface area contributed by atoms with Gasteiger partial charge in [-0.1, -0.05) is 48.5 Å². The van der Waals surface area contributed by atoms with Crippen molar-refractivity contribution in [3.8, 4) is 0 Å². The summed E-state index contributed by atoms with van der Waals surface area (Å²) < 4.78 is 2.01. The van der Waals surface area contributed by atoms with Crippen LogP contribution in [0.25, 0.3) is 10.9 Å². The van der Waals surface area contributed by atoms with Crippen LogP contribution in [0.4, 0.5) is 0 Å². The van der Waals surface area contributed by atoms with Crippen LogP contribution in [-0.4, -0.2) is 52.3 Å². The molecule has 0 saturated carbocycles. The van der Waals surface area contributed by atoms with Gasteiger partial charge in [0.2, 0.25) is 5.91 Å². The maximum Gasteiger partial charge on any atom is 0.242 e. The molecule has 0 spiro atoms. The molecule has 8 heteroatoms. The number of nitrogens with two attached hydrogens (primary N) is 2. The van der Waals surface area contributed by atoms with Gasteiger partial charge in [0.15, 0.2) is 0 Å². The number of nitrogens with zero attached hydrogens (tertiary/aromatic N) is 4. The van der Waals surface area contributed by atoms with E-state index >= 15 is 0 Å². The summed E-state index contributed by atoms with van der Waals surface area (Å²) >= 11 is 0. The number of nitrogens with one attached hydrogen (secondary N) is 1. The van der Waals surface area contributed by atoms with Gasteiger partial charge < -0.3 is 20.7 Å². The zero-order chi connectivity index (χ0) is 21.6. The number of piperazine rings is 1. The molecule has 1 aliphatic rings. The molecule has 0 radical (unpaired) electrons. The largest absolute Gasteiger partial charge is 0.339 e. The average Bonchev–Trinajstić information content (AvgIpc) is 3.15. The summed E-state index contributed by atoms with van der Waals surface area (Å²) in [6.07, 6.45) is 2.48. The van der Waals surface area contributed by atoms with Gasteiger partial charge in [-0.2, -0.15) is 5.10 Å². The van der Waals surface area contributed by atoms with Crippen LogP contribution in [0.15, 0.2) is 65.9 Å². The molecule has 2 aromatic carbocycles. The third-order valence-corrected chi connectivity index (χ3v) is 5.83. The Kier molecular flexibility index (Phi) is 6.49. The second kappa shape index (κ2) is 9.63. The van der Waals surface area contributed by atoms with Gasteiger partial charge in [-0.25, -0.2) is 5.84 Å². The van der Waals surface area contributed by atoms with Crippen molar-refractivity contribution in [1.82, 2.24) is 19.8 Å². The fourth-order valence-electron chi connectivity index (χ4n) is 4.15. The van der Waals surface area contributed by atoms with Crippen LogP contribution in [0.3, 0.4) is 0 Å². The molecule has 0 aliphatic carbocycles. The Balaban J connectivity index is 1.41. The molecule has 162 valence electrons. The summed E-state index contributed by atoms with van der Waals surface area (Å²) in [5.41, 5.74) is 5.87. The molecule has 0 atom stereocenters. The van der Waals surface area contributed by atoms with E-state index in [-0.39, 0.29) is 5.91 Å². The highest BCUT2D eigenvalue weighted by Crippen LogP contribution is 2.22. The number of amides is 1. The van der Waals surface area contributed by atoms with Crippen molar-refractivity contribution in [2.75, 3.05) is 26.2 Å². The van der Waals surface area contributed by atoms with E-state index in [2.05, 4.69) is 39.7 Å². The Morgan fingerprint density at radius 2 is 1.71 bits per heavy atom. The van der Waals surface area contributed by atoms with Crippen LogP contribution in [0, 0.1) is 0 Å². The predicted molar refractivity (Wildman–Crippen MR) is 123 cm³/mol. The highest BCUT2D eigenvalue weighted by molar-refractivity contribution is 5.92. The number of hydrazine groups is 1. The lowest BCUT2D eigenvalue weighted by Gasteiger charge is -2.35. The molecule has 1 amide bonds. The molecule has 1 saturated heterocycles. The van der Waals surface area contributed by atoms with Crippen LogP contribution in [0.5, 0.6) is 0 Å². The average molecular weight is 420 g/mol. The molecule has 4 rings (SSSR count). The normalized spacial score (nSPS) is 15.4. The number of hydrogen-bond donors (Lipinski definition) is 3. The fraction of sp³-hybridized carbons (Fsp3) is 0.304. The Hall–Kier alpha value is -3.36. The van der Waals surface area contributed by atoms with E-state index in [1.54, 1.807) is 0 Å². The number of fused-ring (bicyclic) bond motifs is 1. The Bertz CT molecular complexity index is 1050. The van der Waals surface area contributed by atoms with Crippen LogP contribution in [0.1, 0.15) is 11.1 Å². The van der Waals surface area contributed by atoms with Crippen molar-refractivity contribution in [2.24, 2.45) is 16.8 Å². The van der Waals surface area contributed by atoms with Crippen molar-refractivity contribution in [3.05, 3.63) is 71.9 Å². The smallest absolute Gasteiger partial charge is 0.242 e. The second-order valence-electron chi connectivity index (χ2n) is 7.84. The van der Waals surface area contributed by atoms with Gasteiger partial charge in [-0.05, 0) is 17.2 Å². The molecular weight excluding hydrogens is 390 g/mol. The predicted octanol–water partition coefficient (Wildman–Crippen LogP) is 1.26. The highest BCUT2D eigenvalue weighted by Gasteiger charge is 2.22. The minimum absolute atomic E-state index is 0.135. The summed E-state index contributed by atoms with van der Waals surface area (Å²) in [4.78, 5) is 17.4. The number of carbonyl (C=O) groups excluding carboxylic acids is 1. The van der Waals surface area contributed by atoms with Crippen LogP contribution < -0.4 is 17.1 Å². The van der Waals surface area contributed by atoms with Crippen molar-refractivity contribution in [1.29, 1.82) is 0 Å². The highest BCUT2D eigenvalue weighted by atomic mass is 16.2. The third-order valence-electron chi connectivity index (χ3n) is 5.83. The first-order valence-electron chi connectivity index (χ1n) is 10.5. The standard InChI is InChI=1S/C23H29N7O/c24-26-22(27-25)14-19-16-30(21-9-5-4-8-20(19)21)17-23(31)29-12-10-28(11-13-29)15-18-6-2-1-3-7-18/h1-9,16H,10-15,17,24-25H2,(H,26,27). The minimum atomic E-state index is 0.135. The molecule has 1 fully saturated rings. The number of para-hydroxylation sites is 1. The fourth-order valence-corrected chi connectivity index (χ4v) is 4.15. The van der Waals surface area contributed by atoms with Gasteiger partial charge in [0.05, 0.1) is 0 Å². The monoisotopic (exact) mass is 419 g/mol. The van der Waals surface area contributed by atoms with Gasteiger partial charge in [-0.15, -0.1) is 0 Å². The number of rotatable bonds is 6. The Morgan fingerprint density at radius 1 is 1.00 bits per heavy atom. The number of amidine groups is 1. The maximum absolute atomic E-state index is 13.0. The molecule has 1 aromatic heterocycles. The van der Waals surface area contributed by atoms with E-state index in [0.717, 1.165) is 49.2 Å². The zero-order valence-electron chi connectivity index (χ0n) is 17.6. The second-order valence-corrected chi connectivity index (χ2v) is 7.84. The van der Waals surface area contributed by atoms with Crippen LogP contribution in [0.2, 0.25) is 0 Å². The van der Waals surface area contributed by atoms with Gasteiger partial charge in [0, 0.05) is 56.2 Å². The van der Waals surface area contributed by atoms with E-state index in [4.69, 9.17) is 11.7 Å². The number of hydrogen-bond acceptors (Lipinski definition) is 5. The van der Waals surface area contributed by atoms with Crippen molar-refractivity contribution < 1.29 is 4.79 Å². The molecule has 5 N–H and O–H groups in total. The number of hydrazone groups is 1. The number of benzene rings is 2. The quantitative estimate of drug-likeness (QED) is 0.242. The minimum Gasteiger partial charge on any atom is -0.339 e. The van der Waals surface area contributed by atoms with E-state index in [0.29, 0.717) is 18.8 Å². The lowest BCUT2D eigenvalue weighted by Crippen LogP contribution is -2.49. The number of aromatic nitrogens is 1. The number of carbonyl (C=O) groups is 1. The lowest BCUT2D eigenvalue weighted by molar-refractivity contribution is -0.133. The molecule has 0 bridgehead atoms. The summed E-state index contributed by atoms with van der Waals surface area (Å²) in [6.45, 7) is 4.50. The molecule has 3 aromatic rings. The summed E-state index contributed by atoms with van der Waals surface area (Å²) in [5.74, 6) is 11.5. The molecule has 31 heavy (non-hydrogen) atoms. The van der Waals surface area contributed by atoms with Crippen molar-refractivity contribution in [2.45, 2.75) is 19.5 Å². The molecule has 0 unspecified atom stereocenters. The van der Waals surface area contributed by atoms with Gasteiger partial charge in [0.25, 0.3) is 0 Å². The van der Waals surface area contributed by atoms with E-state index in [9.17, 15) is 4.79 Å². The van der Waals surface area contributed by atoms with Crippen molar-refractivity contribution >= 4 is 22.6 Å². The molecular formula is C23H29N7O. The molecule has 8 nitrogen and oxygen atoms in total. The first kappa shape index (κ1) is 20.9. The van der Waals surface area contributed by atoms with Gasteiger partial charge in [0.1, 0.15) is 12.4 Å². The molecule has 1 aliphatic heterocycles. The lowest BCUT2D eigenvalue weighted by atomic mass is 10.1. The summed E-state index contributed by atoms with van der Waals surface area (Å²) in [5, 5.41) is 4.75. The Labute approximate surface area is 182 Å². The van der Waals surface area contributed by atoms with E-state index < -0.39 is 0 Å². The summed E-state index contributed by atoms with van der Waals surface area (Å²) in [7, 11) is 0. The van der Waals surface area contributed by atoms with Crippen LogP contribution >= 0.6 is 0 Å². The van der Waals surface area contributed by atoms with Gasteiger partial charge >= 0.3 is 0 Å². The first-order chi connectivity index (χ1) is 15.2. The topological polar surface area (TPSA) is 105 Å². The van der Waals surface area contributed by atoms with Gasteiger partial charge in [-0.3, -0.25) is 9.69 Å². The molecule has 2 heterocycles.